The molecule has 0 fully saturated rings. The maximum Gasteiger partial charge on any atom is 1.00 e. The second-order valence-corrected chi connectivity index (χ2v) is 15.0. The smallest absolute Gasteiger partial charge is 0.859 e. The average molecular weight is 896 g/mol. The van der Waals surface area contributed by atoms with Gasteiger partial charge >= 0.3 is 88.7 Å². The number of aromatic carboxylic acids is 1. The van der Waals surface area contributed by atoms with Crippen LogP contribution in [0.2, 0.25) is 5.02 Å². The van der Waals surface area contributed by atoms with Crippen LogP contribution in [0.5, 0.6) is 11.8 Å². The van der Waals surface area contributed by atoms with Gasteiger partial charge in [-0.2, -0.15) is 43.8 Å². The molecule has 280 valence electrons. The topological polar surface area (TPSA) is 359 Å². The number of nitrogens with zero attached hydrogens (tertiary/aromatic N) is 8. The van der Waals surface area contributed by atoms with Gasteiger partial charge in [-0.15, -0.1) is 20.4 Å². The Morgan fingerprint density at radius 2 is 1.46 bits per heavy atom. The zero-order chi connectivity index (χ0) is 39.7. The Morgan fingerprint density at radius 1 is 0.825 bits per heavy atom. The molecule has 0 aliphatic heterocycles. The number of nitrogens with one attached hydrogen (secondary N) is 1. The summed E-state index contributed by atoms with van der Waals surface area (Å²) in [5.74, 6) is -6.29. The van der Waals surface area contributed by atoms with Gasteiger partial charge in [-0.3, -0.25) is 23.6 Å². The molecule has 0 aliphatic carbocycles. The summed E-state index contributed by atoms with van der Waals surface area (Å²) in [5.41, 5.74) is -5.60. The molecule has 0 aliphatic rings. The first-order chi connectivity index (χ1) is 25.0. The van der Waals surface area contributed by atoms with E-state index < -0.39 is 130 Å². The number of hydrogen-bond acceptors (Lipinski definition) is 17. The van der Waals surface area contributed by atoms with Crippen LogP contribution in [0.15, 0.2) is 72.4 Å². The summed E-state index contributed by atoms with van der Waals surface area (Å²) in [6.07, 6.45) is -1.52. The van der Waals surface area contributed by atoms with Crippen molar-refractivity contribution in [3.8, 4) is 17.4 Å². The molecular weight excluding hydrogens is 885 g/mol. The number of azo groups is 1. The average Bonchev–Trinajstić information content (AvgIpc) is 3.48. The van der Waals surface area contributed by atoms with E-state index in [2.05, 4.69) is 35.4 Å². The van der Waals surface area contributed by atoms with E-state index in [4.69, 9.17) is 11.6 Å². The Labute approximate surface area is 386 Å². The zero-order valence-corrected chi connectivity index (χ0v) is 37.6. The third kappa shape index (κ3) is 10.0. The molecule has 6 rings (SSSR count). The molecule has 3 aromatic carbocycles. The van der Waals surface area contributed by atoms with Gasteiger partial charge in [-0.05, 0) is 48.3 Å². The molecule has 6 aromatic rings. The summed E-state index contributed by atoms with van der Waals surface area (Å²) < 4.78 is 133. The molecule has 3 heterocycles. The van der Waals surface area contributed by atoms with Crippen LogP contribution in [-0.4, -0.2) is 74.8 Å². The van der Waals surface area contributed by atoms with Crippen LogP contribution in [0.1, 0.15) is 10.4 Å². The van der Waals surface area contributed by atoms with E-state index in [1.807, 2.05) is 4.98 Å². The predicted octanol–water partition coefficient (Wildman–Crippen LogP) is -8.47. The number of benzene rings is 3. The van der Waals surface area contributed by atoms with E-state index in [0.29, 0.717) is 29.1 Å². The van der Waals surface area contributed by atoms with Gasteiger partial charge in [-0.1, -0.05) is 11.6 Å². The van der Waals surface area contributed by atoms with Crippen LogP contribution in [0.3, 0.4) is 0 Å². The number of halogens is 3. The van der Waals surface area contributed by atoms with E-state index in [1.54, 1.807) is 0 Å². The molecule has 0 bridgehead atoms. The molecule has 0 saturated carbocycles. The summed E-state index contributed by atoms with van der Waals surface area (Å²) in [7, 11) is -16.0. The van der Waals surface area contributed by atoms with Crippen molar-refractivity contribution in [2.75, 3.05) is 0 Å². The number of rotatable bonds is 8. The first kappa shape index (κ1) is 48.3. The number of pyridine rings is 1. The first-order valence-corrected chi connectivity index (χ1v) is 18.3. The molecule has 0 radical (unpaired) electrons. The fourth-order valence-electron chi connectivity index (χ4n) is 4.82. The fraction of sp³-hybridized carbons (Fsp3) is 0. The van der Waals surface area contributed by atoms with Gasteiger partial charge in [0.2, 0.25) is 5.95 Å². The molecule has 4 N–H and O–H groups in total. The zero-order valence-electron chi connectivity index (χ0n) is 28.4. The van der Waals surface area contributed by atoms with Gasteiger partial charge in [-0.25, -0.2) is 4.99 Å². The van der Waals surface area contributed by atoms with Crippen molar-refractivity contribution in [3.05, 3.63) is 70.6 Å². The minimum Gasteiger partial charge on any atom is -0.859 e. The maximum atomic E-state index is 14.0. The summed E-state index contributed by atoms with van der Waals surface area (Å²) in [6.45, 7) is 0. The van der Waals surface area contributed by atoms with Crippen molar-refractivity contribution in [2.45, 2.75) is 14.7 Å². The second-order valence-electron chi connectivity index (χ2n) is 10.4. The van der Waals surface area contributed by atoms with Crippen molar-refractivity contribution in [2.24, 2.45) is 15.2 Å². The number of aromatic amines is 1. The molecular formula is C26H11ClF2N9Na3O13S3. The number of carboxylic acids is 1. The predicted molar refractivity (Wildman–Crippen MR) is 166 cm³/mol. The van der Waals surface area contributed by atoms with Crippen molar-refractivity contribution in [3.63, 3.8) is 0 Å². The largest absolute Gasteiger partial charge is 1.00 e. The summed E-state index contributed by atoms with van der Waals surface area (Å²) in [4.78, 5) is 20.1. The molecule has 0 unspecified atom stereocenters. The van der Waals surface area contributed by atoms with Gasteiger partial charge in [0.25, 0.3) is 36.4 Å². The Kier molecular flexibility index (Phi) is 14.9. The summed E-state index contributed by atoms with van der Waals surface area (Å²) >= 11 is 5.76. The van der Waals surface area contributed by atoms with Gasteiger partial charge in [0.15, 0.2) is 5.49 Å². The standard InChI is InChI=1S/C26H14ClF2N9O13S3.3Na/c27-19-22(28)32-26(29)33-23(19)30-8-3-10-14(52(43,44)45)7-13-21(18(10)16(4-8)54(49,50)51)37-38(36-13)9-1-2-12(15(5-9)53(46,47)48)34-35-20-11(25(41)42)6-17(39)31-24(20)40;;;/h1-7H,(H,41,42)(H,30,32,33)(H2,31,39,40)(H,43,44,45)(H,46,47,48)(H,49,50,51);;;/q;3*+1/p-3. The molecule has 22 nitrogen and oxygen atoms in total. The summed E-state index contributed by atoms with van der Waals surface area (Å²) in [5, 5.41) is 47.5. The van der Waals surface area contributed by atoms with Crippen LogP contribution in [0.4, 0.5) is 25.8 Å². The van der Waals surface area contributed by atoms with Crippen LogP contribution in [0.25, 0.3) is 27.5 Å². The van der Waals surface area contributed by atoms with E-state index in [9.17, 15) is 67.8 Å². The van der Waals surface area contributed by atoms with E-state index >= 15 is 0 Å². The van der Waals surface area contributed by atoms with Gasteiger partial charge in [0.05, 0.1) is 17.3 Å². The maximum absolute atomic E-state index is 14.0. The quantitative estimate of drug-likeness (QED) is 0.0362. The normalized spacial score (nSPS) is 12.4. The minimum absolute atomic E-state index is 0. The van der Waals surface area contributed by atoms with Crippen LogP contribution >= 0.6 is 11.6 Å². The first-order valence-electron chi connectivity index (χ1n) is 13.7. The third-order valence-corrected chi connectivity index (χ3v) is 9.96. The molecule has 57 heavy (non-hydrogen) atoms. The Bertz CT molecular complexity index is 3100. The fourth-order valence-corrected chi connectivity index (χ4v) is 7.02. The van der Waals surface area contributed by atoms with Crippen LogP contribution in [0, 0.1) is 12.0 Å². The number of H-pyrrole nitrogens is 1. The van der Waals surface area contributed by atoms with E-state index in [0.717, 1.165) is 18.2 Å². The molecule has 0 amide bonds. The Morgan fingerprint density at radius 3 is 2.05 bits per heavy atom. The molecule has 3 aromatic heterocycles. The Hall–Kier alpha value is -3.10. The second kappa shape index (κ2) is 17.6. The molecule has 0 saturated heterocycles. The van der Waals surface area contributed by atoms with Gasteiger partial charge in [0, 0.05) is 22.2 Å². The SMILES string of the molecule is O=C([O-])c1cc([O-])nc([O-])c1N=Nc1ccc(-n2nc3cc(S(=O)(=O)O)c4cc(N=c5[nH]c(F)nc(F)c5Cl)cc(S(=O)(=O)O)c4c3n2)cc1S(=O)(=O)O.[Na+].[Na+].[Na+]. The third-order valence-electron chi connectivity index (χ3n) is 6.97. The van der Waals surface area contributed by atoms with Crippen molar-refractivity contribution < 1.29 is 156 Å². The number of carboxylic acid groups (broad SMARTS) is 1. The van der Waals surface area contributed by atoms with Crippen LogP contribution in [-0.2, 0) is 30.4 Å². The molecule has 0 atom stereocenters. The monoisotopic (exact) mass is 895 g/mol. The van der Waals surface area contributed by atoms with Crippen molar-refractivity contribution in [1.29, 1.82) is 0 Å². The van der Waals surface area contributed by atoms with Crippen molar-refractivity contribution in [1.82, 2.24) is 29.9 Å². The van der Waals surface area contributed by atoms with E-state index in [1.165, 1.54) is 0 Å². The minimum atomic E-state index is -5.39. The van der Waals surface area contributed by atoms with Crippen LogP contribution < -0.4 is 109 Å². The molecule has 0 spiro atoms. The number of fused-ring (bicyclic) bond motifs is 3. The van der Waals surface area contributed by atoms with Crippen molar-refractivity contribution >= 4 is 86.8 Å². The van der Waals surface area contributed by atoms with Gasteiger partial charge in [0.1, 0.15) is 42.1 Å². The number of carbonyl (C=O) groups excluding carboxylic acids is 1. The summed E-state index contributed by atoms with van der Waals surface area (Å²) in [6, 6.07) is 4.98. The number of carbonyl (C=O) groups is 1. The number of hydrogen-bond donors (Lipinski definition) is 4. The number of aromatic nitrogens is 6. The van der Waals surface area contributed by atoms with Gasteiger partial charge < -0.3 is 20.1 Å². The Balaban J connectivity index is 0.00000290. The van der Waals surface area contributed by atoms with E-state index in [-0.39, 0.29) is 94.4 Å². The molecule has 31 heteroatoms.